The van der Waals surface area contributed by atoms with Crippen molar-refractivity contribution in [3.05, 3.63) is 46.2 Å². The number of nitrogen functional groups attached to an aromatic ring is 1. The minimum absolute atomic E-state index is 0.0750. The molecule has 0 saturated carbocycles. The summed E-state index contributed by atoms with van der Waals surface area (Å²) in [5.74, 6) is 0. The van der Waals surface area contributed by atoms with Gasteiger partial charge in [-0.05, 0) is 52.7 Å². The first-order valence-electron chi connectivity index (χ1n) is 5.72. The second-order valence-corrected chi connectivity index (χ2v) is 6.77. The molecule has 2 aromatic rings. The lowest BCUT2D eigenvalue weighted by Gasteiger charge is -2.10. The molecule has 2 rings (SSSR count). The number of nitrogens with zero attached hydrogens (tertiary/aromatic N) is 2. The van der Waals surface area contributed by atoms with E-state index in [1.54, 1.807) is 25.1 Å². The summed E-state index contributed by atoms with van der Waals surface area (Å²) in [5, 5.41) is 7.51. The summed E-state index contributed by atoms with van der Waals surface area (Å²) in [7, 11) is -3.65. The summed E-state index contributed by atoms with van der Waals surface area (Å²) < 4.78 is 27.7. The van der Waals surface area contributed by atoms with Crippen molar-refractivity contribution >= 4 is 31.6 Å². The maximum atomic E-state index is 12.3. The van der Waals surface area contributed by atoms with E-state index in [0.29, 0.717) is 21.4 Å². The van der Waals surface area contributed by atoms with Crippen LogP contribution in [0.4, 0.5) is 5.69 Å². The van der Waals surface area contributed by atoms with Crippen LogP contribution >= 0.6 is 15.9 Å². The van der Waals surface area contributed by atoms with Crippen LogP contribution in [0.3, 0.4) is 0 Å². The quantitative estimate of drug-likeness (QED) is 0.810. The molecule has 1 heterocycles. The van der Waals surface area contributed by atoms with Gasteiger partial charge >= 0.3 is 0 Å². The molecule has 0 atom stereocenters. The summed E-state index contributed by atoms with van der Waals surface area (Å²) in [5.41, 5.74) is 7.25. The maximum Gasteiger partial charge on any atom is 0.241 e. The highest BCUT2D eigenvalue weighted by atomic mass is 79.9. The maximum absolute atomic E-state index is 12.3. The summed E-state index contributed by atoms with van der Waals surface area (Å²) in [6, 6.07) is 6.49. The highest BCUT2D eigenvalue weighted by Crippen LogP contribution is 2.26. The minimum atomic E-state index is -3.65. The smallest absolute Gasteiger partial charge is 0.241 e. The van der Waals surface area contributed by atoms with Gasteiger partial charge < -0.3 is 5.73 Å². The standard InChI is InChI=1S/C12H13BrN4O2S/c1-8-5-10(13)11(14)6-12(8)20(18,19)16-7-9-3-2-4-15-17-9/h2-6,16H,7,14H2,1H3. The molecule has 0 saturated heterocycles. The second-order valence-electron chi connectivity index (χ2n) is 4.18. The van der Waals surface area contributed by atoms with Gasteiger partial charge in [-0.1, -0.05) is 0 Å². The fourth-order valence-corrected chi connectivity index (χ4v) is 3.35. The number of hydrogen-bond donors (Lipinski definition) is 2. The number of nitrogens with two attached hydrogens (primary N) is 1. The van der Waals surface area contributed by atoms with E-state index in [4.69, 9.17) is 5.73 Å². The molecule has 0 radical (unpaired) electrons. The Hall–Kier alpha value is -1.51. The highest BCUT2D eigenvalue weighted by Gasteiger charge is 2.18. The van der Waals surface area contributed by atoms with Crippen LogP contribution in [-0.2, 0) is 16.6 Å². The summed E-state index contributed by atoms with van der Waals surface area (Å²) in [6.45, 7) is 1.78. The molecule has 106 valence electrons. The molecule has 0 fully saturated rings. The van der Waals surface area contributed by atoms with Crippen LogP contribution in [0.1, 0.15) is 11.3 Å². The van der Waals surface area contributed by atoms with Gasteiger partial charge in [-0.2, -0.15) is 10.2 Å². The van der Waals surface area contributed by atoms with Gasteiger partial charge in [0, 0.05) is 16.4 Å². The van der Waals surface area contributed by atoms with Crippen molar-refractivity contribution in [2.24, 2.45) is 0 Å². The first-order chi connectivity index (χ1) is 9.40. The van der Waals surface area contributed by atoms with Crippen molar-refractivity contribution in [1.29, 1.82) is 0 Å². The van der Waals surface area contributed by atoms with E-state index < -0.39 is 10.0 Å². The first-order valence-corrected chi connectivity index (χ1v) is 7.99. The lowest BCUT2D eigenvalue weighted by Crippen LogP contribution is -2.24. The summed E-state index contributed by atoms with van der Waals surface area (Å²) in [6.07, 6.45) is 1.53. The molecule has 3 N–H and O–H groups in total. The Morgan fingerprint density at radius 2 is 2.15 bits per heavy atom. The van der Waals surface area contributed by atoms with Gasteiger partial charge in [0.2, 0.25) is 10.0 Å². The zero-order valence-electron chi connectivity index (χ0n) is 10.7. The number of aryl methyl sites for hydroxylation is 1. The second kappa shape index (κ2) is 5.86. The molecule has 20 heavy (non-hydrogen) atoms. The molecule has 0 aliphatic rings. The van der Waals surface area contributed by atoms with Gasteiger partial charge in [0.1, 0.15) is 0 Å². The van der Waals surface area contributed by atoms with Crippen molar-refractivity contribution < 1.29 is 8.42 Å². The van der Waals surface area contributed by atoms with Crippen molar-refractivity contribution in [3.8, 4) is 0 Å². The number of benzene rings is 1. The minimum Gasteiger partial charge on any atom is -0.398 e. The Kier molecular flexibility index (Phi) is 4.36. The Morgan fingerprint density at radius 1 is 1.40 bits per heavy atom. The van der Waals surface area contributed by atoms with Crippen LogP contribution in [0.15, 0.2) is 39.8 Å². The van der Waals surface area contributed by atoms with E-state index in [1.807, 2.05) is 0 Å². The third-order valence-electron chi connectivity index (χ3n) is 2.65. The normalized spacial score (nSPS) is 11.5. The van der Waals surface area contributed by atoms with E-state index in [-0.39, 0.29) is 11.4 Å². The average Bonchev–Trinajstić information content (AvgIpc) is 2.42. The van der Waals surface area contributed by atoms with E-state index in [2.05, 4.69) is 30.8 Å². The summed E-state index contributed by atoms with van der Waals surface area (Å²) >= 11 is 3.26. The molecule has 0 aliphatic carbocycles. The number of halogens is 1. The van der Waals surface area contributed by atoms with Crippen LogP contribution in [-0.4, -0.2) is 18.6 Å². The Morgan fingerprint density at radius 3 is 2.80 bits per heavy atom. The molecular weight excluding hydrogens is 344 g/mol. The molecule has 1 aromatic carbocycles. The van der Waals surface area contributed by atoms with E-state index in [1.165, 1.54) is 12.3 Å². The third kappa shape index (κ3) is 3.33. The van der Waals surface area contributed by atoms with Crippen molar-refractivity contribution in [2.75, 3.05) is 5.73 Å². The van der Waals surface area contributed by atoms with E-state index in [9.17, 15) is 8.42 Å². The fraction of sp³-hybridized carbons (Fsp3) is 0.167. The van der Waals surface area contributed by atoms with E-state index >= 15 is 0 Å². The average molecular weight is 357 g/mol. The third-order valence-corrected chi connectivity index (χ3v) is 4.88. The predicted molar refractivity (Wildman–Crippen MR) is 79.3 cm³/mol. The van der Waals surface area contributed by atoms with Crippen molar-refractivity contribution in [2.45, 2.75) is 18.4 Å². The van der Waals surface area contributed by atoms with E-state index in [0.717, 1.165) is 0 Å². The molecule has 0 amide bonds. The Bertz CT molecular complexity index is 720. The van der Waals surface area contributed by atoms with Crippen LogP contribution in [0, 0.1) is 6.92 Å². The monoisotopic (exact) mass is 356 g/mol. The molecule has 0 spiro atoms. The van der Waals surface area contributed by atoms with Crippen LogP contribution < -0.4 is 10.5 Å². The predicted octanol–water partition coefficient (Wildman–Crippen LogP) is 1.61. The molecular formula is C12H13BrN4O2S. The van der Waals surface area contributed by atoms with Crippen LogP contribution in [0.5, 0.6) is 0 Å². The van der Waals surface area contributed by atoms with Gasteiger partial charge in [0.15, 0.2) is 0 Å². The fourth-order valence-electron chi connectivity index (χ4n) is 1.63. The molecule has 0 unspecified atom stereocenters. The highest BCUT2D eigenvalue weighted by molar-refractivity contribution is 9.10. The molecule has 6 nitrogen and oxygen atoms in total. The van der Waals surface area contributed by atoms with Crippen LogP contribution in [0.25, 0.3) is 0 Å². The SMILES string of the molecule is Cc1cc(Br)c(N)cc1S(=O)(=O)NCc1cccnn1. The van der Waals surface area contributed by atoms with Crippen molar-refractivity contribution in [3.63, 3.8) is 0 Å². The summed E-state index contributed by atoms with van der Waals surface area (Å²) in [4.78, 5) is 0.155. The van der Waals surface area contributed by atoms with Gasteiger partial charge in [0.25, 0.3) is 0 Å². The lowest BCUT2D eigenvalue weighted by molar-refractivity contribution is 0.579. The number of hydrogen-bond acceptors (Lipinski definition) is 5. The number of nitrogens with one attached hydrogen (secondary N) is 1. The largest absolute Gasteiger partial charge is 0.398 e. The molecule has 0 bridgehead atoms. The topological polar surface area (TPSA) is 98.0 Å². The van der Waals surface area contributed by atoms with Gasteiger partial charge in [-0.3, -0.25) is 0 Å². The molecule has 1 aromatic heterocycles. The van der Waals surface area contributed by atoms with Crippen molar-refractivity contribution in [1.82, 2.24) is 14.9 Å². The Balaban J connectivity index is 2.25. The van der Waals surface area contributed by atoms with Gasteiger partial charge in [-0.25, -0.2) is 13.1 Å². The number of aromatic nitrogens is 2. The number of rotatable bonds is 4. The Labute approximate surface area is 125 Å². The molecule has 8 heteroatoms. The zero-order valence-corrected chi connectivity index (χ0v) is 13.1. The van der Waals surface area contributed by atoms with Crippen LogP contribution in [0.2, 0.25) is 0 Å². The molecule has 0 aliphatic heterocycles. The van der Waals surface area contributed by atoms with Gasteiger partial charge in [0.05, 0.1) is 17.1 Å². The number of anilines is 1. The van der Waals surface area contributed by atoms with Gasteiger partial charge in [-0.15, -0.1) is 0 Å². The zero-order chi connectivity index (χ0) is 14.8. The lowest BCUT2D eigenvalue weighted by atomic mass is 10.2. The first kappa shape index (κ1) is 14.9. The number of sulfonamides is 1.